The molecule has 0 aliphatic carbocycles. The van der Waals surface area contributed by atoms with E-state index in [0.29, 0.717) is 0 Å². The van der Waals surface area contributed by atoms with E-state index in [4.69, 9.17) is 0 Å². The van der Waals surface area contributed by atoms with Crippen molar-refractivity contribution in [3.05, 3.63) is 52.2 Å². The summed E-state index contributed by atoms with van der Waals surface area (Å²) in [6.45, 7) is -0.185. The zero-order chi connectivity index (χ0) is 18.2. The number of aliphatic hydroxyl groups excluding tert-OH is 1. The average Bonchev–Trinajstić information content (AvgIpc) is 3.23. The van der Waals surface area contributed by atoms with Crippen molar-refractivity contribution in [2.45, 2.75) is 17.0 Å². The Labute approximate surface area is 147 Å². The van der Waals surface area contributed by atoms with Crippen LogP contribution >= 0.6 is 11.3 Å². The molecular weight excluding hydrogens is 375 g/mol. The van der Waals surface area contributed by atoms with E-state index in [0.717, 1.165) is 28.1 Å². The maximum absolute atomic E-state index is 13.2. The van der Waals surface area contributed by atoms with Crippen LogP contribution in [0.15, 0.2) is 46.0 Å². The highest BCUT2D eigenvalue weighted by molar-refractivity contribution is 7.89. The van der Waals surface area contributed by atoms with Crippen molar-refractivity contribution in [2.24, 2.45) is 5.92 Å². The number of alkyl halides is 3. The standard InChI is InChI=1S/C16H16F3NO3S2/c17-16(18,19)14-3-1-2-4-15(14)25(22,23)20-7-12(9-21)13(8-20)11-5-6-24-10-11/h1-6,10,12-13,21H,7-9H2/t12-,13-/m1/s1. The van der Waals surface area contributed by atoms with Crippen LogP contribution in [-0.4, -0.2) is 37.5 Å². The lowest BCUT2D eigenvalue weighted by atomic mass is 9.92. The number of sulfonamides is 1. The van der Waals surface area contributed by atoms with E-state index in [1.807, 2.05) is 16.8 Å². The normalized spacial score (nSPS) is 22.4. The Kier molecular flexibility index (Phi) is 4.93. The van der Waals surface area contributed by atoms with Crippen LogP contribution in [0.4, 0.5) is 13.2 Å². The minimum atomic E-state index is -4.76. The zero-order valence-corrected chi connectivity index (χ0v) is 14.6. The zero-order valence-electron chi connectivity index (χ0n) is 13.0. The molecule has 1 aliphatic rings. The Balaban J connectivity index is 1.97. The monoisotopic (exact) mass is 391 g/mol. The number of hydrogen-bond donors (Lipinski definition) is 1. The van der Waals surface area contributed by atoms with E-state index in [1.165, 1.54) is 17.4 Å². The van der Waals surface area contributed by atoms with Gasteiger partial charge >= 0.3 is 6.18 Å². The molecule has 1 aromatic heterocycles. The summed E-state index contributed by atoms with van der Waals surface area (Å²) in [6, 6.07) is 6.03. The molecule has 25 heavy (non-hydrogen) atoms. The molecule has 1 N–H and O–H groups in total. The first-order valence-corrected chi connectivity index (χ1v) is 9.92. The van der Waals surface area contributed by atoms with Gasteiger partial charge in [0.05, 0.1) is 10.5 Å². The van der Waals surface area contributed by atoms with Gasteiger partial charge in [-0.1, -0.05) is 12.1 Å². The fraction of sp³-hybridized carbons (Fsp3) is 0.375. The van der Waals surface area contributed by atoms with Gasteiger partial charge in [-0.25, -0.2) is 8.42 Å². The molecule has 0 saturated carbocycles. The molecule has 136 valence electrons. The molecule has 2 heterocycles. The van der Waals surface area contributed by atoms with E-state index in [2.05, 4.69) is 0 Å². The third-order valence-electron chi connectivity index (χ3n) is 4.42. The third-order valence-corrected chi connectivity index (χ3v) is 7.01. The van der Waals surface area contributed by atoms with Crippen LogP contribution in [0, 0.1) is 5.92 Å². The summed E-state index contributed by atoms with van der Waals surface area (Å²) >= 11 is 1.45. The molecule has 9 heteroatoms. The molecular formula is C16H16F3NO3S2. The summed E-state index contributed by atoms with van der Waals surface area (Å²) in [5.74, 6) is -0.577. The number of halogens is 3. The lowest BCUT2D eigenvalue weighted by Crippen LogP contribution is -2.31. The average molecular weight is 391 g/mol. The van der Waals surface area contributed by atoms with Gasteiger partial charge in [-0.15, -0.1) is 0 Å². The molecule has 1 saturated heterocycles. The van der Waals surface area contributed by atoms with Gasteiger partial charge in [-0.2, -0.15) is 28.8 Å². The van der Waals surface area contributed by atoms with Gasteiger partial charge in [0.25, 0.3) is 0 Å². The number of hydrogen-bond acceptors (Lipinski definition) is 4. The summed E-state index contributed by atoms with van der Waals surface area (Å²) in [6.07, 6.45) is -4.76. The predicted molar refractivity (Wildman–Crippen MR) is 87.8 cm³/mol. The van der Waals surface area contributed by atoms with Gasteiger partial charge in [0, 0.05) is 31.5 Å². The van der Waals surface area contributed by atoms with Crippen molar-refractivity contribution in [3.63, 3.8) is 0 Å². The molecule has 0 spiro atoms. The summed E-state index contributed by atoms with van der Waals surface area (Å²) in [4.78, 5) is -0.745. The third kappa shape index (κ3) is 3.46. The summed E-state index contributed by atoms with van der Waals surface area (Å²) in [5, 5.41) is 13.3. The highest BCUT2D eigenvalue weighted by Crippen LogP contribution is 2.39. The van der Waals surface area contributed by atoms with E-state index in [-0.39, 0.29) is 31.5 Å². The summed E-state index contributed by atoms with van der Waals surface area (Å²) < 4.78 is 66.3. The second-order valence-electron chi connectivity index (χ2n) is 5.92. The Morgan fingerprint density at radius 2 is 1.92 bits per heavy atom. The second-order valence-corrected chi connectivity index (χ2v) is 8.61. The molecule has 4 nitrogen and oxygen atoms in total. The van der Waals surface area contributed by atoms with Crippen LogP contribution in [0.5, 0.6) is 0 Å². The molecule has 2 aromatic rings. The van der Waals surface area contributed by atoms with Crippen LogP contribution in [0.25, 0.3) is 0 Å². The second kappa shape index (κ2) is 6.71. The van der Waals surface area contributed by atoms with Crippen molar-refractivity contribution >= 4 is 21.4 Å². The Hall–Kier alpha value is -1.42. The van der Waals surface area contributed by atoms with Gasteiger partial charge in [0.2, 0.25) is 10.0 Å². The van der Waals surface area contributed by atoms with Crippen molar-refractivity contribution in [2.75, 3.05) is 19.7 Å². The SMILES string of the molecule is O=S(=O)(c1ccccc1C(F)(F)F)N1C[C@H](CO)[C@@H](c2ccsc2)C1. The molecule has 0 radical (unpaired) electrons. The number of benzene rings is 1. The fourth-order valence-electron chi connectivity index (χ4n) is 3.14. The minimum Gasteiger partial charge on any atom is -0.396 e. The van der Waals surface area contributed by atoms with Crippen LogP contribution < -0.4 is 0 Å². The fourth-order valence-corrected chi connectivity index (χ4v) is 5.60. The van der Waals surface area contributed by atoms with Crippen LogP contribution in [0.2, 0.25) is 0 Å². The molecule has 0 unspecified atom stereocenters. The first kappa shape index (κ1) is 18.4. The molecule has 3 rings (SSSR count). The van der Waals surface area contributed by atoms with Gasteiger partial charge in [0.1, 0.15) is 0 Å². The van der Waals surface area contributed by atoms with Crippen LogP contribution in [-0.2, 0) is 16.2 Å². The number of rotatable bonds is 4. The molecule has 1 aliphatic heterocycles. The van der Waals surface area contributed by atoms with E-state index in [9.17, 15) is 26.7 Å². The Morgan fingerprint density at radius 3 is 2.52 bits per heavy atom. The van der Waals surface area contributed by atoms with Crippen LogP contribution in [0.3, 0.4) is 0 Å². The quantitative estimate of drug-likeness (QED) is 0.871. The van der Waals surface area contributed by atoms with E-state index in [1.54, 1.807) is 0 Å². The molecule has 2 atom stereocenters. The van der Waals surface area contributed by atoms with Gasteiger partial charge in [0.15, 0.2) is 0 Å². The molecule has 1 aromatic carbocycles. The number of nitrogens with zero attached hydrogens (tertiary/aromatic N) is 1. The summed E-state index contributed by atoms with van der Waals surface area (Å²) in [5.41, 5.74) is -0.277. The number of thiophene rings is 1. The highest BCUT2D eigenvalue weighted by atomic mass is 32.2. The molecule has 0 bridgehead atoms. The first-order chi connectivity index (χ1) is 11.7. The van der Waals surface area contributed by atoms with Crippen molar-refractivity contribution < 1.29 is 26.7 Å². The van der Waals surface area contributed by atoms with E-state index < -0.39 is 26.7 Å². The van der Waals surface area contributed by atoms with Gasteiger partial charge < -0.3 is 5.11 Å². The largest absolute Gasteiger partial charge is 0.417 e. The molecule has 0 amide bonds. The van der Waals surface area contributed by atoms with Gasteiger partial charge in [-0.05, 0) is 34.5 Å². The summed E-state index contributed by atoms with van der Waals surface area (Å²) in [7, 11) is -4.31. The predicted octanol–water partition coefficient (Wildman–Crippen LogP) is 3.16. The van der Waals surface area contributed by atoms with Crippen LogP contribution in [0.1, 0.15) is 17.0 Å². The highest BCUT2D eigenvalue weighted by Gasteiger charge is 2.43. The number of aliphatic hydroxyl groups is 1. The van der Waals surface area contributed by atoms with Crippen molar-refractivity contribution in [1.29, 1.82) is 0 Å². The van der Waals surface area contributed by atoms with Crippen molar-refractivity contribution in [3.8, 4) is 0 Å². The maximum atomic E-state index is 13.2. The maximum Gasteiger partial charge on any atom is 0.417 e. The smallest absolute Gasteiger partial charge is 0.396 e. The minimum absolute atomic E-state index is 0.00839. The lowest BCUT2D eigenvalue weighted by Gasteiger charge is -2.19. The Morgan fingerprint density at radius 1 is 1.20 bits per heavy atom. The lowest BCUT2D eigenvalue weighted by molar-refractivity contribution is -0.139. The van der Waals surface area contributed by atoms with Gasteiger partial charge in [-0.3, -0.25) is 0 Å². The van der Waals surface area contributed by atoms with E-state index >= 15 is 0 Å². The van der Waals surface area contributed by atoms with Crippen molar-refractivity contribution in [1.82, 2.24) is 4.31 Å². The Bertz CT molecular complexity index is 835. The first-order valence-electron chi connectivity index (χ1n) is 7.54. The topological polar surface area (TPSA) is 57.6 Å². The molecule has 1 fully saturated rings.